The Hall–Kier alpha value is -1.35. The molecule has 0 spiro atoms. The third kappa shape index (κ3) is 3.86. The molecule has 17 heavy (non-hydrogen) atoms. The number of benzene rings is 1. The maximum absolute atomic E-state index is 11.8. The molecule has 1 atom stereocenters. The van der Waals surface area contributed by atoms with E-state index < -0.39 is 11.6 Å². The van der Waals surface area contributed by atoms with Gasteiger partial charge in [-0.2, -0.15) is 0 Å². The second kappa shape index (κ2) is 4.88. The van der Waals surface area contributed by atoms with E-state index in [9.17, 15) is 4.79 Å². The van der Waals surface area contributed by atoms with E-state index >= 15 is 0 Å². The van der Waals surface area contributed by atoms with E-state index in [0.29, 0.717) is 0 Å². The molecule has 3 heteroatoms. The van der Waals surface area contributed by atoms with Gasteiger partial charge < -0.3 is 10.5 Å². The predicted molar refractivity (Wildman–Crippen MR) is 68.7 cm³/mol. The molecule has 2 N–H and O–H groups in total. The van der Waals surface area contributed by atoms with Gasteiger partial charge in [0.2, 0.25) is 0 Å². The maximum Gasteiger partial charge on any atom is 0.328 e. The lowest BCUT2D eigenvalue weighted by molar-refractivity contribution is -0.156. The Bertz CT molecular complexity index is 419. The van der Waals surface area contributed by atoms with Crippen LogP contribution in [-0.2, 0) is 9.53 Å². The molecule has 0 aliphatic rings. The van der Waals surface area contributed by atoms with Crippen molar-refractivity contribution in [1.29, 1.82) is 0 Å². The van der Waals surface area contributed by atoms with E-state index in [1.54, 1.807) is 0 Å². The summed E-state index contributed by atoms with van der Waals surface area (Å²) in [6, 6.07) is 5.06. The lowest BCUT2D eigenvalue weighted by atomic mass is 10.0. The summed E-state index contributed by atoms with van der Waals surface area (Å²) in [6.07, 6.45) is 0. The van der Waals surface area contributed by atoms with Crippen molar-refractivity contribution in [3.05, 3.63) is 34.9 Å². The van der Waals surface area contributed by atoms with Gasteiger partial charge in [0.25, 0.3) is 0 Å². The summed E-state index contributed by atoms with van der Waals surface area (Å²) in [4.78, 5) is 11.8. The first kappa shape index (κ1) is 13.7. The Labute approximate surface area is 103 Å². The monoisotopic (exact) mass is 235 g/mol. The molecule has 1 rings (SSSR count). The molecule has 1 unspecified atom stereocenters. The summed E-state index contributed by atoms with van der Waals surface area (Å²) in [6.45, 7) is 9.52. The van der Waals surface area contributed by atoms with E-state index in [0.717, 1.165) is 11.1 Å². The topological polar surface area (TPSA) is 52.3 Å². The smallest absolute Gasteiger partial charge is 0.328 e. The van der Waals surface area contributed by atoms with Gasteiger partial charge in [0.05, 0.1) is 0 Å². The Kier molecular flexibility index (Phi) is 3.94. The number of hydrogen-bond donors (Lipinski definition) is 1. The van der Waals surface area contributed by atoms with Crippen LogP contribution in [0.4, 0.5) is 0 Å². The van der Waals surface area contributed by atoms with Crippen molar-refractivity contribution in [1.82, 2.24) is 0 Å². The standard InChI is InChI=1S/C14H21NO2/c1-9-6-7-11(8-10(9)2)12(15)13(16)17-14(3,4)5/h6-8,12H,15H2,1-5H3. The van der Waals surface area contributed by atoms with Crippen LogP contribution in [0.5, 0.6) is 0 Å². The lowest BCUT2D eigenvalue weighted by Gasteiger charge is -2.22. The van der Waals surface area contributed by atoms with Crippen molar-refractivity contribution >= 4 is 5.97 Å². The molecule has 0 saturated carbocycles. The highest BCUT2D eigenvalue weighted by atomic mass is 16.6. The molecule has 0 radical (unpaired) electrons. The largest absolute Gasteiger partial charge is 0.459 e. The van der Waals surface area contributed by atoms with Crippen molar-refractivity contribution in [3.63, 3.8) is 0 Å². The van der Waals surface area contributed by atoms with Gasteiger partial charge in [0.1, 0.15) is 11.6 Å². The van der Waals surface area contributed by atoms with Gasteiger partial charge in [0, 0.05) is 0 Å². The fraction of sp³-hybridized carbons (Fsp3) is 0.500. The molecular weight excluding hydrogens is 214 g/mol. The van der Waals surface area contributed by atoms with Crippen LogP contribution in [0.2, 0.25) is 0 Å². The second-order valence-electron chi connectivity index (χ2n) is 5.35. The van der Waals surface area contributed by atoms with Crippen LogP contribution < -0.4 is 5.73 Å². The zero-order valence-electron chi connectivity index (χ0n) is 11.2. The Morgan fingerprint density at radius 1 is 1.24 bits per heavy atom. The lowest BCUT2D eigenvalue weighted by Crippen LogP contribution is -2.31. The molecule has 1 aromatic rings. The minimum absolute atomic E-state index is 0.388. The van der Waals surface area contributed by atoms with Crippen molar-refractivity contribution in [2.45, 2.75) is 46.3 Å². The number of carbonyl (C=O) groups excluding carboxylic acids is 1. The van der Waals surface area contributed by atoms with E-state index in [-0.39, 0.29) is 5.97 Å². The molecule has 0 fully saturated rings. The summed E-state index contributed by atoms with van der Waals surface area (Å²) >= 11 is 0. The first-order chi connectivity index (χ1) is 7.70. The Morgan fingerprint density at radius 2 is 1.82 bits per heavy atom. The summed E-state index contributed by atoms with van der Waals surface area (Å²) in [7, 11) is 0. The third-order valence-corrected chi connectivity index (χ3v) is 2.55. The molecule has 1 aromatic carbocycles. The molecule has 94 valence electrons. The minimum Gasteiger partial charge on any atom is -0.459 e. The average molecular weight is 235 g/mol. The normalized spacial score (nSPS) is 13.3. The molecule has 0 aliphatic carbocycles. The minimum atomic E-state index is -0.714. The molecule has 0 saturated heterocycles. The van der Waals surface area contributed by atoms with Crippen molar-refractivity contribution in [2.24, 2.45) is 5.73 Å². The van der Waals surface area contributed by atoms with Gasteiger partial charge >= 0.3 is 5.97 Å². The van der Waals surface area contributed by atoms with E-state index in [4.69, 9.17) is 10.5 Å². The average Bonchev–Trinajstić information content (AvgIpc) is 2.18. The first-order valence-corrected chi connectivity index (χ1v) is 5.76. The van der Waals surface area contributed by atoms with Gasteiger partial charge in [-0.25, -0.2) is 4.79 Å². The van der Waals surface area contributed by atoms with Gasteiger partial charge in [-0.1, -0.05) is 18.2 Å². The predicted octanol–water partition coefficient (Wildman–Crippen LogP) is 2.64. The molecule has 0 amide bonds. The highest BCUT2D eigenvalue weighted by Crippen LogP contribution is 2.19. The Balaban J connectivity index is 2.85. The zero-order chi connectivity index (χ0) is 13.2. The van der Waals surface area contributed by atoms with Gasteiger partial charge in [-0.3, -0.25) is 0 Å². The highest BCUT2D eigenvalue weighted by molar-refractivity contribution is 5.77. The number of hydrogen-bond acceptors (Lipinski definition) is 3. The first-order valence-electron chi connectivity index (χ1n) is 5.76. The second-order valence-corrected chi connectivity index (χ2v) is 5.35. The number of esters is 1. The van der Waals surface area contributed by atoms with Gasteiger partial charge in [-0.05, 0) is 51.3 Å². The molecule has 0 aliphatic heterocycles. The van der Waals surface area contributed by atoms with Gasteiger partial charge in [-0.15, -0.1) is 0 Å². The van der Waals surface area contributed by atoms with Crippen LogP contribution in [0.3, 0.4) is 0 Å². The maximum atomic E-state index is 11.8. The van der Waals surface area contributed by atoms with Crippen LogP contribution in [0.15, 0.2) is 18.2 Å². The highest BCUT2D eigenvalue weighted by Gasteiger charge is 2.23. The van der Waals surface area contributed by atoms with E-state index in [1.165, 1.54) is 5.56 Å². The molecule has 3 nitrogen and oxygen atoms in total. The van der Waals surface area contributed by atoms with E-state index in [1.807, 2.05) is 52.8 Å². The number of rotatable bonds is 2. The van der Waals surface area contributed by atoms with Crippen LogP contribution in [0.25, 0.3) is 0 Å². The van der Waals surface area contributed by atoms with Crippen LogP contribution in [0.1, 0.15) is 43.5 Å². The number of ether oxygens (including phenoxy) is 1. The zero-order valence-corrected chi connectivity index (χ0v) is 11.2. The van der Waals surface area contributed by atoms with Crippen LogP contribution in [-0.4, -0.2) is 11.6 Å². The molecule has 0 bridgehead atoms. The van der Waals surface area contributed by atoms with Crippen LogP contribution in [0, 0.1) is 13.8 Å². The fourth-order valence-electron chi connectivity index (χ4n) is 1.46. The van der Waals surface area contributed by atoms with Crippen molar-refractivity contribution in [2.75, 3.05) is 0 Å². The third-order valence-electron chi connectivity index (χ3n) is 2.55. The quantitative estimate of drug-likeness (QED) is 0.802. The summed E-state index contributed by atoms with van der Waals surface area (Å²) in [5.41, 5.74) is 8.49. The summed E-state index contributed by atoms with van der Waals surface area (Å²) in [5.74, 6) is -0.388. The number of carbonyl (C=O) groups is 1. The number of aryl methyl sites for hydroxylation is 2. The van der Waals surface area contributed by atoms with Crippen molar-refractivity contribution in [3.8, 4) is 0 Å². The van der Waals surface area contributed by atoms with E-state index in [2.05, 4.69) is 0 Å². The van der Waals surface area contributed by atoms with Gasteiger partial charge in [0.15, 0.2) is 0 Å². The molecular formula is C14H21NO2. The molecule has 0 aromatic heterocycles. The number of nitrogens with two attached hydrogens (primary N) is 1. The molecule has 0 heterocycles. The summed E-state index contributed by atoms with van der Waals surface area (Å²) < 4.78 is 5.26. The summed E-state index contributed by atoms with van der Waals surface area (Å²) in [5, 5.41) is 0. The SMILES string of the molecule is Cc1ccc(C(N)C(=O)OC(C)(C)C)cc1C. The van der Waals surface area contributed by atoms with Crippen LogP contribution >= 0.6 is 0 Å². The Morgan fingerprint density at radius 3 is 2.29 bits per heavy atom. The fourth-order valence-corrected chi connectivity index (χ4v) is 1.46. The van der Waals surface area contributed by atoms with Crippen molar-refractivity contribution < 1.29 is 9.53 Å².